The number of nitrogens with zero attached hydrogens (tertiary/aromatic N) is 3. The lowest BCUT2D eigenvalue weighted by atomic mass is 10.0. The van der Waals surface area contributed by atoms with E-state index in [0.29, 0.717) is 6.42 Å². The van der Waals surface area contributed by atoms with Crippen molar-refractivity contribution in [3.8, 4) is 11.5 Å². The summed E-state index contributed by atoms with van der Waals surface area (Å²) >= 11 is 0. The summed E-state index contributed by atoms with van der Waals surface area (Å²) in [5.41, 5.74) is 4.68. The first-order valence-electron chi connectivity index (χ1n) is 10.6. The first-order valence-corrected chi connectivity index (χ1v) is 10.6. The number of amidine groups is 1. The molecule has 0 spiro atoms. The topological polar surface area (TPSA) is 77.7 Å². The van der Waals surface area contributed by atoms with Gasteiger partial charge in [0.15, 0.2) is 11.6 Å². The monoisotopic (exact) mass is 472 g/mol. The highest BCUT2D eigenvalue weighted by Gasteiger charge is 2.31. The van der Waals surface area contributed by atoms with Crippen molar-refractivity contribution in [1.29, 1.82) is 0 Å². The second-order valence-electron chi connectivity index (χ2n) is 8.11. The summed E-state index contributed by atoms with van der Waals surface area (Å²) in [6.45, 7) is 4.35. The average Bonchev–Trinajstić information content (AvgIpc) is 2.79. The number of halogens is 3. The quantitative estimate of drug-likeness (QED) is 0.605. The zero-order chi connectivity index (χ0) is 24.5. The maximum atomic E-state index is 13.1. The van der Waals surface area contributed by atoms with Gasteiger partial charge in [0.1, 0.15) is 11.3 Å². The highest BCUT2D eigenvalue weighted by molar-refractivity contribution is 6.00. The minimum absolute atomic E-state index is 0.0136. The Morgan fingerprint density at radius 2 is 1.97 bits per heavy atom. The second-order valence-corrected chi connectivity index (χ2v) is 8.11. The van der Waals surface area contributed by atoms with Crippen molar-refractivity contribution >= 4 is 5.84 Å². The van der Waals surface area contributed by atoms with Crippen LogP contribution in [-0.2, 0) is 24.5 Å². The molecule has 3 aromatic rings. The maximum absolute atomic E-state index is 13.1. The van der Waals surface area contributed by atoms with E-state index in [1.807, 2.05) is 26.0 Å². The molecule has 0 saturated carbocycles. The second kappa shape index (κ2) is 9.30. The van der Waals surface area contributed by atoms with Crippen molar-refractivity contribution in [3.63, 3.8) is 0 Å². The fraction of sp³-hybridized carbons (Fsp3) is 0.292. The molecule has 10 heteroatoms. The Kier molecular flexibility index (Phi) is 6.43. The molecule has 1 N–H and O–H groups in total. The lowest BCUT2D eigenvalue weighted by Gasteiger charge is -2.23. The Hall–Kier alpha value is -3.66. The number of rotatable bonds is 5. The van der Waals surface area contributed by atoms with Crippen LogP contribution in [0.5, 0.6) is 11.5 Å². The van der Waals surface area contributed by atoms with Gasteiger partial charge in [0.2, 0.25) is 0 Å². The van der Waals surface area contributed by atoms with Crippen LogP contribution in [0.1, 0.15) is 27.8 Å². The van der Waals surface area contributed by atoms with E-state index in [9.17, 15) is 18.0 Å². The molecule has 0 saturated heterocycles. The number of hydrogen-bond acceptors (Lipinski definition) is 6. The van der Waals surface area contributed by atoms with Crippen molar-refractivity contribution in [2.75, 3.05) is 6.61 Å². The molecule has 1 aromatic heterocycles. The Bertz CT molecular complexity index is 1300. The smallest absolute Gasteiger partial charge is 0.416 e. The van der Waals surface area contributed by atoms with Crippen LogP contribution in [0.15, 0.2) is 58.4 Å². The average molecular weight is 472 g/mol. The SMILES string of the molecule is Cc1ccc(C[C@@H]2CONC(c3c(Oc4cccc(C(F)(F)F)c4)cnn(C)c3=O)=N2)cc1C. The van der Waals surface area contributed by atoms with Gasteiger partial charge in [-0.3, -0.25) is 14.6 Å². The summed E-state index contributed by atoms with van der Waals surface area (Å²) in [6.07, 6.45) is -2.69. The molecule has 4 rings (SSSR count). The molecule has 1 aliphatic rings. The number of alkyl halides is 3. The zero-order valence-electron chi connectivity index (χ0n) is 18.8. The van der Waals surface area contributed by atoms with Crippen LogP contribution in [0, 0.1) is 13.8 Å². The van der Waals surface area contributed by atoms with Gasteiger partial charge in [-0.2, -0.15) is 18.3 Å². The molecule has 0 amide bonds. The summed E-state index contributed by atoms with van der Waals surface area (Å²) < 4.78 is 46.0. The fourth-order valence-electron chi connectivity index (χ4n) is 3.56. The van der Waals surface area contributed by atoms with Gasteiger partial charge >= 0.3 is 6.18 Å². The van der Waals surface area contributed by atoms with Crippen LogP contribution < -0.4 is 15.8 Å². The molecule has 1 aliphatic heterocycles. The Morgan fingerprint density at radius 3 is 2.71 bits per heavy atom. The molecule has 0 unspecified atom stereocenters. The van der Waals surface area contributed by atoms with Gasteiger partial charge in [0.25, 0.3) is 5.56 Å². The van der Waals surface area contributed by atoms with Crippen molar-refractivity contribution in [2.45, 2.75) is 32.5 Å². The Labute approximate surface area is 193 Å². The van der Waals surface area contributed by atoms with Gasteiger partial charge in [0.05, 0.1) is 24.4 Å². The van der Waals surface area contributed by atoms with Crippen LogP contribution in [-0.4, -0.2) is 28.3 Å². The molecule has 1 atom stereocenters. The van der Waals surface area contributed by atoms with E-state index in [2.05, 4.69) is 21.6 Å². The standard InChI is InChI=1S/C24H23F3N4O3/c1-14-7-8-16(9-15(14)2)10-18-13-33-30-22(29-18)21-20(12-28-31(3)23(21)32)34-19-6-4-5-17(11-19)24(25,26)27/h4-9,11-12,18H,10,13H2,1-3H3,(H,29,30)/t18-/m1/s1. The number of aromatic nitrogens is 2. The third kappa shape index (κ3) is 5.12. The number of nitrogens with one attached hydrogen (secondary N) is 1. The lowest BCUT2D eigenvalue weighted by Crippen LogP contribution is -2.40. The summed E-state index contributed by atoms with van der Waals surface area (Å²) in [7, 11) is 1.46. The van der Waals surface area contributed by atoms with Gasteiger partial charge in [-0.15, -0.1) is 0 Å². The van der Waals surface area contributed by atoms with Crippen LogP contribution in [0.4, 0.5) is 13.2 Å². The summed E-state index contributed by atoms with van der Waals surface area (Å²) in [5.74, 6) is 0.00398. The molecule has 2 heterocycles. The Balaban J connectivity index is 1.67. The van der Waals surface area contributed by atoms with Gasteiger partial charge in [-0.05, 0) is 55.2 Å². The molecule has 178 valence electrons. The predicted molar refractivity (Wildman–Crippen MR) is 120 cm³/mol. The fourth-order valence-corrected chi connectivity index (χ4v) is 3.56. The van der Waals surface area contributed by atoms with E-state index >= 15 is 0 Å². The number of aryl methyl sites for hydroxylation is 3. The van der Waals surface area contributed by atoms with Gasteiger partial charge < -0.3 is 4.74 Å². The van der Waals surface area contributed by atoms with E-state index in [1.165, 1.54) is 30.9 Å². The molecule has 2 aromatic carbocycles. The van der Waals surface area contributed by atoms with E-state index in [1.54, 1.807) is 0 Å². The van der Waals surface area contributed by atoms with Crippen molar-refractivity contribution < 1.29 is 22.7 Å². The summed E-state index contributed by atoms with van der Waals surface area (Å²) in [4.78, 5) is 23.0. The Morgan fingerprint density at radius 1 is 1.18 bits per heavy atom. The maximum Gasteiger partial charge on any atom is 0.416 e. The highest BCUT2D eigenvalue weighted by atomic mass is 19.4. The molecule has 0 bridgehead atoms. The van der Waals surface area contributed by atoms with Crippen molar-refractivity contribution in [1.82, 2.24) is 15.3 Å². The first kappa shape index (κ1) is 23.5. The molecule has 0 aliphatic carbocycles. The highest BCUT2D eigenvalue weighted by Crippen LogP contribution is 2.33. The summed E-state index contributed by atoms with van der Waals surface area (Å²) in [5, 5.41) is 3.94. The van der Waals surface area contributed by atoms with E-state index in [4.69, 9.17) is 9.57 Å². The third-order valence-electron chi connectivity index (χ3n) is 5.53. The molecule has 0 fully saturated rings. The molecule has 0 radical (unpaired) electrons. The largest absolute Gasteiger partial charge is 0.455 e. The van der Waals surface area contributed by atoms with E-state index < -0.39 is 17.3 Å². The summed E-state index contributed by atoms with van der Waals surface area (Å²) in [6, 6.07) is 10.3. The number of benzene rings is 2. The van der Waals surface area contributed by atoms with Crippen LogP contribution >= 0.6 is 0 Å². The normalized spacial score (nSPS) is 16.1. The first-order chi connectivity index (χ1) is 16.1. The van der Waals surface area contributed by atoms with E-state index in [-0.39, 0.29) is 35.5 Å². The number of hydroxylamine groups is 1. The number of hydrogen-bond donors (Lipinski definition) is 1. The van der Waals surface area contributed by atoms with Crippen molar-refractivity contribution in [3.05, 3.63) is 86.8 Å². The van der Waals surface area contributed by atoms with Crippen LogP contribution in [0.2, 0.25) is 0 Å². The number of aliphatic imine (C=N–C) groups is 1. The number of ether oxygens (including phenoxy) is 1. The van der Waals surface area contributed by atoms with Crippen LogP contribution in [0.3, 0.4) is 0 Å². The molecule has 34 heavy (non-hydrogen) atoms. The predicted octanol–water partition coefficient (Wildman–Crippen LogP) is 4.10. The molecular weight excluding hydrogens is 449 g/mol. The van der Waals surface area contributed by atoms with E-state index in [0.717, 1.165) is 27.9 Å². The van der Waals surface area contributed by atoms with Crippen LogP contribution in [0.25, 0.3) is 0 Å². The molecular formula is C24H23F3N4O3. The zero-order valence-corrected chi connectivity index (χ0v) is 18.8. The minimum Gasteiger partial charge on any atom is -0.455 e. The minimum atomic E-state index is -4.53. The molecule has 7 nitrogen and oxygen atoms in total. The van der Waals surface area contributed by atoms with Gasteiger partial charge in [0, 0.05) is 7.05 Å². The van der Waals surface area contributed by atoms with Crippen molar-refractivity contribution in [2.24, 2.45) is 12.0 Å². The third-order valence-corrected chi connectivity index (χ3v) is 5.53. The van der Waals surface area contributed by atoms with Gasteiger partial charge in [-0.1, -0.05) is 24.3 Å². The lowest BCUT2D eigenvalue weighted by molar-refractivity contribution is -0.137. The van der Waals surface area contributed by atoms with Gasteiger partial charge in [-0.25, -0.2) is 10.2 Å².